The van der Waals surface area contributed by atoms with Gasteiger partial charge in [0.2, 0.25) is 0 Å². The summed E-state index contributed by atoms with van der Waals surface area (Å²) >= 11 is 3.50. The van der Waals surface area contributed by atoms with Gasteiger partial charge in [-0.1, -0.05) is 15.9 Å². The summed E-state index contributed by atoms with van der Waals surface area (Å²) in [6.07, 6.45) is 0. The van der Waals surface area contributed by atoms with Crippen molar-refractivity contribution in [2.24, 2.45) is 0 Å². The lowest BCUT2D eigenvalue weighted by Crippen LogP contribution is -2.14. The molecule has 5 heteroatoms. The Morgan fingerprint density at radius 2 is 1.70 bits per heavy atom. The maximum Gasteiger partial charge on any atom is 0.257 e. The zero-order chi connectivity index (χ0) is 14.9. The van der Waals surface area contributed by atoms with E-state index in [1.807, 2.05) is 26.0 Å². The molecule has 0 aliphatic carbocycles. The van der Waals surface area contributed by atoms with Crippen LogP contribution in [0.3, 0.4) is 0 Å². The molecule has 5 N–H and O–H groups in total. The van der Waals surface area contributed by atoms with Gasteiger partial charge in [0.15, 0.2) is 0 Å². The number of aryl methyl sites for hydroxylation is 2. The van der Waals surface area contributed by atoms with E-state index in [0.717, 1.165) is 21.3 Å². The monoisotopic (exact) mass is 333 g/mol. The first kappa shape index (κ1) is 14.4. The van der Waals surface area contributed by atoms with Crippen LogP contribution >= 0.6 is 15.9 Å². The molecule has 0 saturated heterocycles. The average molecular weight is 334 g/mol. The molecule has 0 spiro atoms. The van der Waals surface area contributed by atoms with Crippen molar-refractivity contribution in [1.29, 1.82) is 0 Å². The van der Waals surface area contributed by atoms with Crippen molar-refractivity contribution >= 4 is 38.9 Å². The Hall–Kier alpha value is -2.01. The molecule has 20 heavy (non-hydrogen) atoms. The van der Waals surface area contributed by atoms with Crippen LogP contribution in [0.15, 0.2) is 34.8 Å². The third-order valence-corrected chi connectivity index (χ3v) is 4.27. The van der Waals surface area contributed by atoms with Crippen molar-refractivity contribution in [3.63, 3.8) is 0 Å². The van der Waals surface area contributed by atoms with E-state index in [1.54, 1.807) is 18.2 Å². The number of carbonyl (C=O) groups is 1. The second-order valence-electron chi connectivity index (χ2n) is 4.72. The highest BCUT2D eigenvalue weighted by Crippen LogP contribution is 2.26. The SMILES string of the molecule is Cc1cc(NC(=O)c2ccc(N)cc2N)cc(C)c1Br. The second-order valence-corrected chi connectivity index (χ2v) is 5.52. The molecule has 2 aromatic carbocycles. The van der Waals surface area contributed by atoms with E-state index in [2.05, 4.69) is 21.2 Å². The van der Waals surface area contributed by atoms with Crippen LogP contribution in [-0.4, -0.2) is 5.91 Å². The highest BCUT2D eigenvalue weighted by atomic mass is 79.9. The van der Waals surface area contributed by atoms with E-state index < -0.39 is 0 Å². The fourth-order valence-electron chi connectivity index (χ4n) is 2.00. The Morgan fingerprint density at radius 1 is 1.10 bits per heavy atom. The van der Waals surface area contributed by atoms with Crippen LogP contribution in [0.2, 0.25) is 0 Å². The fraction of sp³-hybridized carbons (Fsp3) is 0.133. The van der Waals surface area contributed by atoms with Crippen LogP contribution in [0.25, 0.3) is 0 Å². The predicted octanol–water partition coefficient (Wildman–Crippen LogP) is 3.48. The average Bonchev–Trinajstić information content (AvgIpc) is 2.35. The molecule has 0 aromatic heterocycles. The topological polar surface area (TPSA) is 81.1 Å². The lowest BCUT2D eigenvalue weighted by atomic mass is 10.1. The standard InChI is InChI=1S/C15H16BrN3O/c1-8-5-11(6-9(2)14(8)16)19-15(20)12-4-3-10(17)7-13(12)18/h3-7H,17-18H2,1-2H3,(H,19,20). The molecular formula is C15H16BrN3O. The van der Waals surface area contributed by atoms with Gasteiger partial charge in [-0.25, -0.2) is 0 Å². The van der Waals surface area contributed by atoms with E-state index in [0.29, 0.717) is 16.9 Å². The summed E-state index contributed by atoms with van der Waals surface area (Å²) in [5.41, 5.74) is 15.6. The Balaban J connectivity index is 2.28. The summed E-state index contributed by atoms with van der Waals surface area (Å²) < 4.78 is 1.04. The van der Waals surface area contributed by atoms with Crippen molar-refractivity contribution in [1.82, 2.24) is 0 Å². The van der Waals surface area contributed by atoms with E-state index in [9.17, 15) is 4.79 Å². The number of benzene rings is 2. The van der Waals surface area contributed by atoms with Gasteiger partial charge in [0.1, 0.15) is 0 Å². The molecule has 0 saturated carbocycles. The zero-order valence-corrected chi connectivity index (χ0v) is 12.9. The molecule has 2 aromatic rings. The molecule has 0 fully saturated rings. The molecule has 0 unspecified atom stereocenters. The Morgan fingerprint density at radius 3 is 2.25 bits per heavy atom. The Labute approximate surface area is 126 Å². The molecule has 4 nitrogen and oxygen atoms in total. The quantitative estimate of drug-likeness (QED) is 0.736. The molecule has 2 rings (SSSR count). The predicted molar refractivity (Wildman–Crippen MR) is 86.8 cm³/mol. The largest absolute Gasteiger partial charge is 0.399 e. The smallest absolute Gasteiger partial charge is 0.257 e. The first-order valence-electron chi connectivity index (χ1n) is 6.11. The lowest BCUT2D eigenvalue weighted by molar-refractivity contribution is 0.102. The molecule has 0 radical (unpaired) electrons. The number of nitrogen functional groups attached to an aromatic ring is 2. The van der Waals surface area contributed by atoms with Gasteiger partial charge in [-0.2, -0.15) is 0 Å². The summed E-state index contributed by atoms with van der Waals surface area (Å²) in [5.74, 6) is -0.247. The number of nitrogens with one attached hydrogen (secondary N) is 1. The van der Waals surface area contributed by atoms with Crippen molar-refractivity contribution in [3.8, 4) is 0 Å². The first-order chi connectivity index (χ1) is 9.38. The zero-order valence-electron chi connectivity index (χ0n) is 11.3. The molecule has 0 aliphatic rings. The number of halogens is 1. The first-order valence-corrected chi connectivity index (χ1v) is 6.91. The van der Waals surface area contributed by atoms with E-state index >= 15 is 0 Å². The third kappa shape index (κ3) is 2.93. The highest BCUT2D eigenvalue weighted by molar-refractivity contribution is 9.10. The third-order valence-electron chi connectivity index (χ3n) is 3.01. The summed E-state index contributed by atoms with van der Waals surface area (Å²) in [4.78, 5) is 12.2. The van der Waals surface area contributed by atoms with Crippen LogP contribution in [0, 0.1) is 13.8 Å². The molecule has 0 atom stereocenters. The summed E-state index contributed by atoms with van der Waals surface area (Å²) in [6, 6.07) is 8.67. The maximum absolute atomic E-state index is 12.2. The van der Waals surface area contributed by atoms with Gasteiger partial charge in [-0.3, -0.25) is 4.79 Å². The highest BCUT2D eigenvalue weighted by Gasteiger charge is 2.11. The number of rotatable bonds is 2. The van der Waals surface area contributed by atoms with Gasteiger partial charge >= 0.3 is 0 Å². The lowest BCUT2D eigenvalue weighted by Gasteiger charge is -2.11. The molecule has 0 heterocycles. The van der Waals surface area contributed by atoms with Crippen molar-refractivity contribution in [2.75, 3.05) is 16.8 Å². The maximum atomic E-state index is 12.2. The summed E-state index contributed by atoms with van der Waals surface area (Å²) in [7, 11) is 0. The minimum absolute atomic E-state index is 0.247. The molecule has 0 bridgehead atoms. The summed E-state index contributed by atoms with van der Waals surface area (Å²) in [5, 5.41) is 2.85. The Kier molecular flexibility index (Phi) is 3.99. The molecular weight excluding hydrogens is 318 g/mol. The number of hydrogen-bond donors (Lipinski definition) is 3. The number of anilines is 3. The number of hydrogen-bond acceptors (Lipinski definition) is 3. The summed E-state index contributed by atoms with van der Waals surface area (Å²) in [6.45, 7) is 3.95. The normalized spacial score (nSPS) is 10.3. The number of amides is 1. The van der Waals surface area contributed by atoms with Crippen molar-refractivity contribution in [3.05, 3.63) is 51.5 Å². The van der Waals surface area contributed by atoms with E-state index in [1.165, 1.54) is 0 Å². The molecule has 0 aliphatic heterocycles. The van der Waals surface area contributed by atoms with Crippen LogP contribution in [0.5, 0.6) is 0 Å². The number of nitrogens with two attached hydrogens (primary N) is 2. The van der Waals surface area contributed by atoms with Crippen molar-refractivity contribution in [2.45, 2.75) is 13.8 Å². The van der Waals surface area contributed by atoms with Gasteiger partial charge in [0.25, 0.3) is 5.91 Å². The van der Waals surface area contributed by atoms with Crippen LogP contribution in [0.1, 0.15) is 21.5 Å². The van der Waals surface area contributed by atoms with E-state index in [4.69, 9.17) is 11.5 Å². The van der Waals surface area contributed by atoms with Gasteiger partial charge in [-0.15, -0.1) is 0 Å². The Bertz CT molecular complexity index is 660. The van der Waals surface area contributed by atoms with E-state index in [-0.39, 0.29) is 5.91 Å². The minimum Gasteiger partial charge on any atom is -0.399 e. The van der Waals surface area contributed by atoms with Crippen LogP contribution in [-0.2, 0) is 0 Å². The second kappa shape index (κ2) is 5.54. The van der Waals surface area contributed by atoms with Crippen LogP contribution in [0.4, 0.5) is 17.1 Å². The fourth-order valence-corrected chi connectivity index (χ4v) is 2.23. The van der Waals surface area contributed by atoms with Gasteiger partial charge in [-0.05, 0) is 55.3 Å². The minimum atomic E-state index is -0.247. The van der Waals surface area contributed by atoms with Crippen LogP contribution < -0.4 is 16.8 Å². The number of carbonyl (C=O) groups excluding carboxylic acids is 1. The molecule has 1 amide bonds. The van der Waals surface area contributed by atoms with Gasteiger partial charge < -0.3 is 16.8 Å². The van der Waals surface area contributed by atoms with Crippen molar-refractivity contribution < 1.29 is 4.79 Å². The molecule has 104 valence electrons. The van der Waals surface area contributed by atoms with Gasteiger partial charge in [0, 0.05) is 21.5 Å². The van der Waals surface area contributed by atoms with Gasteiger partial charge in [0.05, 0.1) is 5.56 Å².